The van der Waals surface area contributed by atoms with Crippen LogP contribution in [0.15, 0.2) is 12.1 Å². The number of nitrogens with zero attached hydrogens (tertiary/aromatic N) is 4. The van der Waals surface area contributed by atoms with Gasteiger partial charge >= 0.3 is 0 Å². The Hall–Kier alpha value is -1.96. The Morgan fingerprint density at radius 2 is 1.89 bits per heavy atom. The van der Waals surface area contributed by atoms with E-state index in [1.807, 2.05) is 0 Å². The number of tetrazole rings is 1. The normalized spacial score (nSPS) is 10.9. The number of aromatic nitrogens is 4. The van der Waals surface area contributed by atoms with Gasteiger partial charge in [0.1, 0.15) is 0 Å². The predicted molar refractivity (Wildman–Crippen MR) is 61.4 cm³/mol. The molecule has 0 amide bonds. The van der Waals surface area contributed by atoms with Gasteiger partial charge in [-0.05, 0) is 41.9 Å². The van der Waals surface area contributed by atoms with Crippen molar-refractivity contribution >= 4 is 0 Å². The van der Waals surface area contributed by atoms with Crippen LogP contribution in [0.3, 0.4) is 0 Å². The third-order valence-corrected chi connectivity index (χ3v) is 2.63. The van der Waals surface area contributed by atoms with E-state index in [1.165, 1.54) is 4.68 Å². The van der Waals surface area contributed by atoms with Crippen LogP contribution in [-0.4, -0.2) is 26.8 Å². The van der Waals surface area contributed by atoms with Crippen LogP contribution < -0.4 is 5.73 Å². The van der Waals surface area contributed by atoms with Gasteiger partial charge in [0.2, 0.25) is 0 Å². The lowest BCUT2D eigenvalue weighted by atomic mass is 10.2. The molecular formula is C11H12F3N5. The Balaban J connectivity index is 2.32. The van der Waals surface area contributed by atoms with Crippen LogP contribution in [0.4, 0.5) is 13.2 Å². The molecule has 0 aliphatic carbocycles. The fraction of sp³-hybridized carbons (Fsp3) is 0.364. The van der Waals surface area contributed by atoms with Crippen molar-refractivity contribution in [2.24, 2.45) is 5.73 Å². The van der Waals surface area contributed by atoms with E-state index in [-0.39, 0.29) is 11.4 Å². The lowest BCUT2D eigenvalue weighted by Crippen LogP contribution is -2.07. The molecule has 8 heteroatoms. The first-order chi connectivity index (χ1) is 9.15. The van der Waals surface area contributed by atoms with E-state index in [4.69, 9.17) is 5.73 Å². The maximum Gasteiger partial charge on any atom is 0.195 e. The van der Waals surface area contributed by atoms with Crippen molar-refractivity contribution in [3.63, 3.8) is 0 Å². The molecule has 0 saturated carbocycles. The highest BCUT2D eigenvalue weighted by atomic mass is 19.2. The Morgan fingerprint density at radius 3 is 2.63 bits per heavy atom. The van der Waals surface area contributed by atoms with E-state index in [1.54, 1.807) is 0 Å². The molecular weight excluding hydrogens is 259 g/mol. The predicted octanol–water partition coefficient (Wildman–Crippen LogP) is 1.50. The van der Waals surface area contributed by atoms with Crippen molar-refractivity contribution in [3.8, 4) is 11.4 Å². The lowest BCUT2D eigenvalue weighted by molar-refractivity contribution is 0.447. The van der Waals surface area contributed by atoms with Gasteiger partial charge < -0.3 is 5.73 Å². The molecule has 1 aromatic heterocycles. The first kappa shape index (κ1) is 13.5. The first-order valence-corrected chi connectivity index (χ1v) is 5.75. The van der Waals surface area contributed by atoms with Crippen molar-refractivity contribution in [3.05, 3.63) is 29.6 Å². The van der Waals surface area contributed by atoms with E-state index in [0.29, 0.717) is 19.5 Å². The van der Waals surface area contributed by atoms with Gasteiger partial charge in [-0.3, -0.25) is 0 Å². The molecule has 0 unspecified atom stereocenters. The molecule has 2 aromatic rings. The average Bonchev–Trinajstić information content (AvgIpc) is 2.85. The maximum absolute atomic E-state index is 13.7. The number of rotatable bonds is 5. The van der Waals surface area contributed by atoms with Gasteiger partial charge in [-0.2, -0.15) is 0 Å². The van der Waals surface area contributed by atoms with Gasteiger partial charge in [0.15, 0.2) is 23.3 Å². The Kier molecular flexibility index (Phi) is 4.10. The van der Waals surface area contributed by atoms with E-state index in [2.05, 4.69) is 15.5 Å². The molecule has 5 nitrogen and oxygen atoms in total. The summed E-state index contributed by atoms with van der Waals surface area (Å²) in [5.74, 6) is -4.01. The molecule has 0 fully saturated rings. The summed E-state index contributed by atoms with van der Waals surface area (Å²) in [7, 11) is 0. The average molecular weight is 271 g/mol. The zero-order valence-corrected chi connectivity index (χ0v) is 9.98. The molecule has 0 spiro atoms. The Labute approximate surface area is 107 Å². The van der Waals surface area contributed by atoms with E-state index in [9.17, 15) is 13.2 Å². The highest BCUT2D eigenvalue weighted by molar-refractivity contribution is 5.55. The Morgan fingerprint density at radius 1 is 1.11 bits per heavy atom. The minimum atomic E-state index is -1.53. The van der Waals surface area contributed by atoms with Gasteiger partial charge in [-0.15, -0.1) is 5.10 Å². The van der Waals surface area contributed by atoms with Crippen LogP contribution in [-0.2, 0) is 6.54 Å². The molecule has 1 aromatic carbocycles. The minimum Gasteiger partial charge on any atom is -0.330 e. The van der Waals surface area contributed by atoms with Crippen LogP contribution in [0.2, 0.25) is 0 Å². The molecule has 0 atom stereocenters. The SMILES string of the molecule is NCCCCn1nnnc1-c1ccc(F)c(F)c1F. The number of unbranched alkanes of at least 4 members (excludes halogenated alkanes) is 1. The number of nitrogens with two attached hydrogens (primary N) is 1. The Bertz CT molecular complexity index is 569. The summed E-state index contributed by atoms with van der Waals surface area (Å²) in [6.07, 6.45) is 1.47. The van der Waals surface area contributed by atoms with Crippen molar-refractivity contribution in [1.82, 2.24) is 20.2 Å². The fourth-order valence-corrected chi connectivity index (χ4v) is 1.65. The summed E-state index contributed by atoms with van der Waals surface area (Å²) in [6.45, 7) is 0.953. The maximum atomic E-state index is 13.7. The van der Waals surface area contributed by atoms with E-state index in [0.717, 1.165) is 18.6 Å². The van der Waals surface area contributed by atoms with Gasteiger partial charge in [-0.25, -0.2) is 17.9 Å². The minimum absolute atomic E-state index is 0.0634. The monoisotopic (exact) mass is 271 g/mol. The molecule has 19 heavy (non-hydrogen) atoms. The number of benzene rings is 1. The topological polar surface area (TPSA) is 69.6 Å². The smallest absolute Gasteiger partial charge is 0.195 e. The van der Waals surface area contributed by atoms with Crippen LogP contribution in [0.5, 0.6) is 0 Å². The standard InChI is InChI=1S/C11H12F3N5/c12-8-4-3-7(9(13)10(8)14)11-16-17-18-19(11)6-2-1-5-15/h3-4H,1-2,5-6,15H2. The second kappa shape index (κ2) is 5.79. The molecule has 0 saturated heterocycles. The summed E-state index contributed by atoms with van der Waals surface area (Å²) >= 11 is 0. The summed E-state index contributed by atoms with van der Waals surface area (Å²) < 4.78 is 41.0. The molecule has 2 rings (SSSR count). The van der Waals surface area contributed by atoms with Gasteiger partial charge in [0, 0.05) is 6.54 Å². The lowest BCUT2D eigenvalue weighted by Gasteiger charge is -2.06. The van der Waals surface area contributed by atoms with Crippen LogP contribution in [0.1, 0.15) is 12.8 Å². The highest BCUT2D eigenvalue weighted by Crippen LogP contribution is 2.23. The van der Waals surface area contributed by atoms with Gasteiger partial charge in [-0.1, -0.05) is 0 Å². The van der Waals surface area contributed by atoms with Crippen molar-refractivity contribution in [2.45, 2.75) is 19.4 Å². The second-order valence-electron chi connectivity index (χ2n) is 3.94. The first-order valence-electron chi connectivity index (χ1n) is 5.75. The van der Waals surface area contributed by atoms with E-state index < -0.39 is 17.5 Å². The third kappa shape index (κ3) is 2.73. The summed E-state index contributed by atoms with van der Waals surface area (Å²) in [5.41, 5.74) is 5.20. The third-order valence-electron chi connectivity index (χ3n) is 2.63. The molecule has 1 heterocycles. The van der Waals surface area contributed by atoms with E-state index >= 15 is 0 Å². The van der Waals surface area contributed by atoms with Crippen LogP contribution in [0.25, 0.3) is 11.4 Å². The van der Waals surface area contributed by atoms with Crippen molar-refractivity contribution in [2.75, 3.05) is 6.54 Å². The second-order valence-corrected chi connectivity index (χ2v) is 3.94. The zero-order valence-electron chi connectivity index (χ0n) is 9.98. The molecule has 0 radical (unpaired) electrons. The zero-order chi connectivity index (χ0) is 13.8. The molecule has 2 N–H and O–H groups in total. The molecule has 0 aliphatic rings. The van der Waals surface area contributed by atoms with Crippen molar-refractivity contribution in [1.29, 1.82) is 0 Å². The molecule has 0 aliphatic heterocycles. The molecule has 102 valence electrons. The summed E-state index contributed by atoms with van der Waals surface area (Å²) in [5, 5.41) is 10.7. The number of halogens is 3. The largest absolute Gasteiger partial charge is 0.330 e. The van der Waals surface area contributed by atoms with Crippen molar-refractivity contribution < 1.29 is 13.2 Å². The summed E-state index contributed by atoms with van der Waals surface area (Å²) in [4.78, 5) is 0. The van der Waals surface area contributed by atoms with Crippen LogP contribution >= 0.6 is 0 Å². The number of aryl methyl sites for hydroxylation is 1. The fourth-order valence-electron chi connectivity index (χ4n) is 1.65. The number of hydrogen-bond acceptors (Lipinski definition) is 4. The number of hydrogen-bond donors (Lipinski definition) is 1. The van der Waals surface area contributed by atoms with Gasteiger partial charge in [0.05, 0.1) is 5.56 Å². The molecule has 0 bridgehead atoms. The van der Waals surface area contributed by atoms with Gasteiger partial charge in [0.25, 0.3) is 0 Å². The van der Waals surface area contributed by atoms with Crippen LogP contribution in [0, 0.1) is 17.5 Å². The summed E-state index contributed by atoms with van der Waals surface area (Å²) in [6, 6.07) is 1.95. The quantitative estimate of drug-likeness (QED) is 0.661. The highest BCUT2D eigenvalue weighted by Gasteiger charge is 2.19.